The van der Waals surface area contributed by atoms with Gasteiger partial charge >= 0.3 is 0 Å². The van der Waals surface area contributed by atoms with E-state index in [-0.39, 0.29) is 5.91 Å². The molecule has 0 aliphatic rings. The number of hydrogen-bond donors (Lipinski definition) is 1. The zero-order chi connectivity index (χ0) is 12.9. The summed E-state index contributed by atoms with van der Waals surface area (Å²) in [6.45, 7) is 10.7. The van der Waals surface area contributed by atoms with Crippen LogP contribution in [-0.4, -0.2) is 5.91 Å². The highest BCUT2D eigenvalue weighted by Gasteiger charge is 2.01. The minimum atomic E-state index is -0.177. The molecule has 2 heteroatoms. The Labute approximate surface area is 103 Å². The van der Waals surface area contributed by atoms with Gasteiger partial charge in [-0.3, -0.25) is 4.79 Å². The van der Waals surface area contributed by atoms with Crippen molar-refractivity contribution in [2.75, 3.05) is 0 Å². The highest BCUT2D eigenvalue weighted by atomic mass is 16.1. The van der Waals surface area contributed by atoms with Crippen LogP contribution < -0.4 is 5.32 Å². The molecule has 2 nitrogen and oxygen atoms in total. The third kappa shape index (κ3) is 7.79. The van der Waals surface area contributed by atoms with E-state index in [0.29, 0.717) is 5.57 Å². The van der Waals surface area contributed by atoms with Gasteiger partial charge in [-0.2, -0.15) is 0 Å². The van der Waals surface area contributed by atoms with Gasteiger partial charge in [0.2, 0.25) is 0 Å². The van der Waals surface area contributed by atoms with E-state index < -0.39 is 0 Å². The highest BCUT2D eigenvalue weighted by Crippen LogP contribution is 2.00. The molecule has 0 aliphatic heterocycles. The number of nitrogens with one attached hydrogen (secondary N) is 1. The number of carbonyl (C=O) groups excluding carboxylic acids is 1. The molecule has 1 amide bonds. The molecule has 0 aromatic carbocycles. The average molecular weight is 229 g/mol. The number of rotatable bonds is 8. The maximum absolute atomic E-state index is 11.6. The second-order valence-electron chi connectivity index (χ2n) is 3.18. The predicted octanol–water partition coefficient (Wildman–Crippen LogP) is 3.44. The highest BCUT2D eigenvalue weighted by molar-refractivity contribution is 5.96. The summed E-state index contributed by atoms with van der Waals surface area (Å²) >= 11 is 0. The average Bonchev–Trinajstić information content (AvgIpc) is 2.32. The van der Waals surface area contributed by atoms with Crippen LogP contribution in [0.1, 0.15) is 12.8 Å². The SMILES string of the molecule is C=CCC=CC=C(C=CCC=C)C(=O)NC=C. The summed E-state index contributed by atoms with van der Waals surface area (Å²) in [5, 5.41) is 2.54. The Bertz CT molecular complexity index is 359. The minimum Gasteiger partial charge on any atom is -0.329 e. The van der Waals surface area contributed by atoms with E-state index in [1.54, 1.807) is 24.3 Å². The van der Waals surface area contributed by atoms with Crippen molar-refractivity contribution in [3.05, 3.63) is 74.0 Å². The summed E-state index contributed by atoms with van der Waals surface area (Å²) < 4.78 is 0. The molecule has 0 saturated carbocycles. The number of amides is 1. The summed E-state index contributed by atoms with van der Waals surface area (Å²) in [6.07, 6.45) is 15.6. The van der Waals surface area contributed by atoms with Crippen LogP contribution in [0.5, 0.6) is 0 Å². The van der Waals surface area contributed by atoms with Crippen LogP contribution in [-0.2, 0) is 4.79 Å². The summed E-state index contributed by atoms with van der Waals surface area (Å²) in [6, 6.07) is 0. The molecule has 0 unspecified atom stereocenters. The molecule has 0 spiro atoms. The smallest absolute Gasteiger partial charge is 0.255 e. The largest absolute Gasteiger partial charge is 0.329 e. The van der Waals surface area contributed by atoms with Crippen molar-refractivity contribution in [2.24, 2.45) is 0 Å². The summed E-state index contributed by atoms with van der Waals surface area (Å²) in [7, 11) is 0. The molecule has 0 aromatic rings. The van der Waals surface area contributed by atoms with E-state index in [4.69, 9.17) is 0 Å². The summed E-state index contributed by atoms with van der Waals surface area (Å²) in [5.41, 5.74) is 0.576. The van der Waals surface area contributed by atoms with Crippen molar-refractivity contribution in [2.45, 2.75) is 12.8 Å². The topological polar surface area (TPSA) is 29.1 Å². The van der Waals surface area contributed by atoms with Crippen LogP contribution in [0.4, 0.5) is 0 Å². The number of hydrogen-bond acceptors (Lipinski definition) is 1. The lowest BCUT2D eigenvalue weighted by molar-refractivity contribution is -0.116. The van der Waals surface area contributed by atoms with E-state index in [9.17, 15) is 4.79 Å². The van der Waals surface area contributed by atoms with Crippen LogP contribution in [0.15, 0.2) is 74.0 Å². The van der Waals surface area contributed by atoms with Crippen LogP contribution in [0.25, 0.3) is 0 Å². The standard InChI is InChI=1S/C15H19NO/c1-4-7-9-11-13-14(12-10-8-5-2)15(17)16-6-3/h4-6,9-13H,1-3,7-8H2,(H,16,17). The first kappa shape index (κ1) is 14.9. The van der Waals surface area contributed by atoms with Gasteiger partial charge in [0.25, 0.3) is 5.91 Å². The van der Waals surface area contributed by atoms with E-state index in [1.807, 2.05) is 18.2 Å². The molecule has 90 valence electrons. The van der Waals surface area contributed by atoms with Crippen molar-refractivity contribution in [3.63, 3.8) is 0 Å². The molecule has 0 aliphatic carbocycles. The van der Waals surface area contributed by atoms with E-state index in [2.05, 4.69) is 25.1 Å². The number of allylic oxidation sites excluding steroid dienone is 6. The molecular weight excluding hydrogens is 210 g/mol. The summed E-state index contributed by atoms with van der Waals surface area (Å²) in [4.78, 5) is 11.6. The minimum absolute atomic E-state index is 0.177. The molecule has 17 heavy (non-hydrogen) atoms. The zero-order valence-electron chi connectivity index (χ0n) is 10.1. The molecule has 0 bridgehead atoms. The Morgan fingerprint density at radius 3 is 2.29 bits per heavy atom. The van der Waals surface area contributed by atoms with Crippen LogP contribution in [0.2, 0.25) is 0 Å². The fraction of sp³-hybridized carbons (Fsp3) is 0.133. The van der Waals surface area contributed by atoms with Crippen molar-refractivity contribution in [1.29, 1.82) is 0 Å². The molecule has 0 aromatic heterocycles. The van der Waals surface area contributed by atoms with Gasteiger partial charge < -0.3 is 5.32 Å². The fourth-order valence-electron chi connectivity index (χ4n) is 1.02. The van der Waals surface area contributed by atoms with Gasteiger partial charge in [-0.1, -0.05) is 43.0 Å². The predicted molar refractivity (Wildman–Crippen MR) is 74.3 cm³/mol. The lowest BCUT2D eigenvalue weighted by Gasteiger charge is -1.99. The van der Waals surface area contributed by atoms with Gasteiger partial charge in [0.05, 0.1) is 0 Å². The molecule has 0 atom stereocenters. The first-order chi connectivity index (χ1) is 8.26. The molecule has 0 fully saturated rings. The third-order valence-electron chi connectivity index (χ3n) is 1.81. The first-order valence-electron chi connectivity index (χ1n) is 5.43. The van der Waals surface area contributed by atoms with Crippen molar-refractivity contribution >= 4 is 5.91 Å². The van der Waals surface area contributed by atoms with Crippen LogP contribution in [0.3, 0.4) is 0 Å². The van der Waals surface area contributed by atoms with Crippen molar-refractivity contribution in [1.82, 2.24) is 5.32 Å². The Morgan fingerprint density at radius 1 is 1.06 bits per heavy atom. The van der Waals surface area contributed by atoms with E-state index in [0.717, 1.165) is 12.8 Å². The molecule has 0 heterocycles. The quantitative estimate of drug-likeness (QED) is 0.385. The molecule has 0 saturated heterocycles. The van der Waals surface area contributed by atoms with Gasteiger partial charge in [-0.15, -0.1) is 13.2 Å². The maximum atomic E-state index is 11.6. The second kappa shape index (κ2) is 10.4. The van der Waals surface area contributed by atoms with Gasteiger partial charge in [-0.25, -0.2) is 0 Å². The van der Waals surface area contributed by atoms with Crippen molar-refractivity contribution in [3.8, 4) is 0 Å². The zero-order valence-corrected chi connectivity index (χ0v) is 10.1. The Hall–Kier alpha value is -2.09. The van der Waals surface area contributed by atoms with Gasteiger partial charge in [0.15, 0.2) is 0 Å². The van der Waals surface area contributed by atoms with E-state index in [1.165, 1.54) is 6.20 Å². The maximum Gasteiger partial charge on any atom is 0.255 e. The molecule has 1 N–H and O–H groups in total. The van der Waals surface area contributed by atoms with Crippen LogP contribution in [0, 0.1) is 0 Å². The normalized spacial score (nSPS) is 11.6. The third-order valence-corrected chi connectivity index (χ3v) is 1.81. The van der Waals surface area contributed by atoms with E-state index >= 15 is 0 Å². The Morgan fingerprint density at radius 2 is 1.71 bits per heavy atom. The second-order valence-corrected chi connectivity index (χ2v) is 3.18. The lowest BCUT2D eigenvalue weighted by atomic mass is 10.2. The molecule has 0 radical (unpaired) electrons. The summed E-state index contributed by atoms with van der Waals surface area (Å²) in [5.74, 6) is -0.177. The first-order valence-corrected chi connectivity index (χ1v) is 5.43. The van der Waals surface area contributed by atoms with Gasteiger partial charge in [0, 0.05) is 5.57 Å². The molecule has 0 rings (SSSR count). The monoisotopic (exact) mass is 229 g/mol. The van der Waals surface area contributed by atoms with Gasteiger partial charge in [-0.05, 0) is 25.1 Å². The fourth-order valence-corrected chi connectivity index (χ4v) is 1.02. The lowest BCUT2D eigenvalue weighted by Crippen LogP contribution is -2.17. The Kier molecular flexibility index (Phi) is 9.15. The Balaban J connectivity index is 4.69. The molecular formula is C15H19NO. The number of carbonyl (C=O) groups is 1. The van der Waals surface area contributed by atoms with Crippen molar-refractivity contribution < 1.29 is 4.79 Å². The van der Waals surface area contributed by atoms with Crippen LogP contribution >= 0.6 is 0 Å². The van der Waals surface area contributed by atoms with Gasteiger partial charge in [0.1, 0.15) is 0 Å².